The molecule has 2 aliphatic heterocycles. The largest absolute Gasteiger partial charge is 0.472 e. The molecule has 0 radical (unpaired) electrons. The Kier molecular flexibility index (Phi) is 5.95. The molecule has 154 valence electrons. The van der Waals surface area contributed by atoms with Gasteiger partial charge in [-0.2, -0.15) is 0 Å². The van der Waals surface area contributed by atoms with Crippen molar-refractivity contribution in [2.45, 2.75) is 19.1 Å². The normalized spacial score (nSPS) is 19.2. The smallest absolute Gasteiger partial charge is 0.317 e. The van der Waals surface area contributed by atoms with Crippen molar-refractivity contribution in [1.29, 1.82) is 0 Å². The zero-order valence-corrected chi connectivity index (χ0v) is 16.1. The SMILES string of the molecule is O=C(NCc1ccco1)N1CCC(Oc2ncccc2C(=O)N2CCOCC2)C1. The summed E-state index contributed by atoms with van der Waals surface area (Å²) >= 11 is 0. The second kappa shape index (κ2) is 8.95. The number of pyridine rings is 1. The summed E-state index contributed by atoms with van der Waals surface area (Å²) < 4.78 is 16.6. The second-order valence-corrected chi connectivity index (χ2v) is 6.97. The van der Waals surface area contributed by atoms with Crippen molar-refractivity contribution in [2.24, 2.45) is 0 Å². The molecular formula is C20H24N4O5. The number of aromatic nitrogens is 1. The number of hydrogen-bond acceptors (Lipinski definition) is 6. The zero-order valence-electron chi connectivity index (χ0n) is 16.1. The Hall–Kier alpha value is -3.07. The van der Waals surface area contributed by atoms with Crippen LogP contribution in [-0.4, -0.2) is 72.2 Å². The molecule has 1 N–H and O–H groups in total. The van der Waals surface area contributed by atoms with Crippen molar-refractivity contribution in [1.82, 2.24) is 20.1 Å². The van der Waals surface area contributed by atoms with E-state index in [4.69, 9.17) is 13.9 Å². The highest BCUT2D eigenvalue weighted by atomic mass is 16.5. The average molecular weight is 400 g/mol. The second-order valence-electron chi connectivity index (χ2n) is 6.97. The van der Waals surface area contributed by atoms with Crippen LogP contribution in [0.1, 0.15) is 22.5 Å². The van der Waals surface area contributed by atoms with Gasteiger partial charge in [0.1, 0.15) is 17.4 Å². The molecular weight excluding hydrogens is 376 g/mol. The third-order valence-electron chi connectivity index (χ3n) is 5.00. The molecule has 2 fully saturated rings. The molecule has 0 saturated carbocycles. The van der Waals surface area contributed by atoms with Gasteiger partial charge in [-0.15, -0.1) is 0 Å². The summed E-state index contributed by atoms with van der Waals surface area (Å²) in [4.78, 5) is 32.9. The molecule has 1 unspecified atom stereocenters. The molecule has 4 rings (SSSR count). The van der Waals surface area contributed by atoms with Gasteiger partial charge in [0.25, 0.3) is 5.91 Å². The number of urea groups is 1. The Morgan fingerprint density at radius 2 is 2.03 bits per heavy atom. The Morgan fingerprint density at radius 3 is 2.83 bits per heavy atom. The summed E-state index contributed by atoms with van der Waals surface area (Å²) in [5.74, 6) is 0.902. The van der Waals surface area contributed by atoms with Crippen LogP contribution >= 0.6 is 0 Å². The van der Waals surface area contributed by atoms with Crippen LogP contribution in [0, 0.1) is 0 Å². The number of nitrogens with one attached hydrogen (secondary N) is 1. The monoisotopic (exact) mass is 400 g/mol. The highest BCUT2D eigenvalue weighted by molar-refractivity contribution is 5.96. The first-order valence-corrected chi connectivity index (χ1v) is 9.74. The lowest BCUT2D eigenvalue weighted by molar-refractivity contribution is 0.0298. The lowest BCUT2D eigenvalue weighted by Gasteiger charge is -2.27. The minimum absolute atomic E-state index is 0.109. The van der Waals surface area contributed by atoms with Gasteiger partial charge in [-0.1, -0.05) is 0 Å². The fraction of sp³-hybridized carbons (Fsp3) is 0.450. The number of morpholine rings is 1. The van der Waals surface area contributed by atoms with Crippen molar-refractivity contribution < 1.29 is 23.5 Å². The zero-order chi connectivity index (χ0) is 20.1. The summed E-state index contributed by atoms with van der Waals surface area (Å²) in [5, 5.41) is 2.83. The Labute approximate surface area is 168 Å². The number of carbonyl (C=O) groups is 2. The summed E-state index contributed by atoms with van der Waals surface area (Å²) in [7, 11) is 0. The predicted molar refractivity (Wildman–Crippen MR) is 103 cm³/mol. The van der Waals surface area contributed by atoms with E-state index < -0.39 is 0 Å². The minimum Gasteiger partial charge on any atom is -0.472 e. The molecule has 2 aromatic heterocycles. The maximum Gasteiger partial charge on any atom is 0.317 e. The molecule has 1 atom stereocenters. The fourth-order valence-corrected chi connectivity index (χ4v) is 3.44. The fourth-order valence-electron chi connectivity index (χ4n) is 3.44. The summed E-state index contributed by atoms with van der Waals surface area (Å²) in [5.41, 5.74) is 0.440. The quantitative estimate of drug-likeness (QED) is 0.817. The van der Waals surface area contributed by atoms with E-state index in [2.05, 4.69) is 10.3 Å². The van der Waals surface area contributed by atoms with Gasteiger partial charge >= 0.3 is 6.03 Å². The van der Waals surface area contributed by atoms with E-state index in [1.54, 1.807) is 40.5 Å². The Morgan fingerprint density at radius 1 is 1.17 bits per heavy atom. The number of nitrogens with zero attached hydrogens (tertiary/aromatic N) is 3. The van der Waals surface area contributed by atoms with Crippen LogP contribution in [0.2, 0.25) is 0 Å². The van der Waals surface area contributed by atoms with Crippen LogP contribution < -0.4 is 10.1 Å². The maximum atomic E-state index is 12.8. The third-order valence-corrected chi connectivity index (χ3v) is 5.00. The number of amides is 3. The van der Waals surface area contributed by atoms with E-state index in [9.17, 15) is 9.59 Å². The van der Waals surface area contributed by atoms with Crippen molar-refractivity contribution >= 4 is 11.9 Å². The first-order valence-electron chi connectivity index (χ1n) is 9.74. The molecule has 3 amide bonds. The van der Waals surface area contributed by atoms with Gasteiger partial charge in [-0.3, -0.25) is 4.79 Å². The maximum absolute atomic E-state index is 12.8. The highest BCUT2D eigenvalue weighted by Gasteiger charge is 2.30. The molecule has 2 aliphatic rings. The first-order chi connectivity index (χ1) is 14.2. The van der Waals surface area contributed by atoms with Gasteiger partial charge in [0.05, 0.1) is 32.6 Å². The van der Waals surface area contributed by atoms with E-state index in [-0.39, 0.29) is 18.0 Å². The standard InChI is InChI=1S/C20H24N4O5/c25-19(23-8-11-27-12-9-23)17-4-1-6-21-18(17)29-16-5-7-24(14-16)20(26)22-13-15-3-2-10-28-15/h1-4,6,10,16H,5,7-9,11-14H2,(H,22,26). The van der Waals surface area contributed by atoms with E-state index in [1.807, 2.05) is 6.07 Å². The van der Waals surface area contributed by atoms with Crippen molar-refractivity contribution in [3.63, 3.8) is 0 Å². The number of furan rings is 1. The van der Waals surface area contributed by atoms with E-state index in [1.165, 1.54) is 0 Å². The summed E-state index contributed by atoms with van der Waals surface area (Å²) in [6.45, 7) is 3.53. The first kappa shape index (κ1) is 19.3. The number of likely N-dealkylation sites (tertiary alicyclic amines) is 1. The minimum atomic E-state index is -0.212. The lowest BCUT2D eigenvalue weighted by Crippen LogP contribution is -2.41. The van der Waals surface area contributed by atoms with Gasteiger partial charge in [0.2, 0.25) is 5.88 Å². The van der Waals surface area contributed by atoms with Gasteiger partial charge in [-0.05, 0) is 24.3 Å². The van der Waals surface area contributed by atoms with Crippen molar-refractivity contribution in [3.8, 4) is 5.88 Å². The Bertz CT molecular complexity index is 835. The molecule has 0 aliphatic carbocycles. The van der Waals surface area contributed by atoms with Crippen LogP contribution in [0.25, 0.3) is 0 Å². The van der Waals surface area contributed by atoms with Crippen molar-refractivity contribution in [3.05, 3.63) is 48.0 Å². The van der Waals surface area contributed by atoms with E-state index >= 15 is 0 Å². The molecule has 2 saturated heterocycles. The lowest BCUT2D eigenvalue weighted by atomic mass is 10.2. The molecule has 0 aromatic carbocycles. The highest BCUT2D eigenvalue weighted by Crippen LogP contribution is 2.22. The molecule has 9 nitrogen and oxygen atoms in total. The molecule has 4 heterocycles. The Balaban J connectivity index is 1.34. The van der Waals surface area contributed by atoms with E-state index in [0.717, 1.165) is 0 Å². The van der Waals surface area contributed by atoms with Gasteiger partial charge in [-0.25, -0.2) is 9.78 Å². The average Bonchev–Trinajstić information content (AvgIpc) is 3.45. The van der Waals surface area contributed by atoms with Crippen LogP contribution in [0.15, 0.2) is 41.1 Å². The summed E-state index contributed by atoms with van der Waals surface area (Å²) in [6.07, 6.45) is 3.64. The van der Waals surface area contributed by atoms with Gasteiger partial charge in [0.15, 0.2) is 0 Å². The van der Waals surface area contributed by atoms with Gasteiger partial charge < -0.3 is 29.0 Å². The number of carbonyl (C=O) groups excluding carboxylic acids is 2. The van der Waals surface area contributed by atoms with Crippen LogP contribution in [0.5, 0.6) is 5.88 Å². The summed E-state index contributed by atoms with van der Waals surface area (Å²) in [6, 6.07) is 6.87. The molecule has 29 heavy (non-hydrogen) atoms. The predicted octanol–water partition coefficient (Wildman–Crippen LogP) is 1.51. The number of ether oxygens (including phenoxy) is 2. The topological polar surface area (TPSA) is 97.1 Å². The molecule has 0 bridgehead atoms. The number of rotatable bonds is 5. The number of hydrogen-bond donors (Lipinski definition) is 1. The van der Waals surface area contributed by atoms with E-state index in [0.29, 0.717) is 69.6 Å². The van der Waals surface area contributed by atoms with Crippen LogP contribution in [-0.2, 0) is 11.3 Å². The third kappa shape index (κ3) is 4.68. The van der Waals surface area contributed by atoms with Gasteiger partial charge in [0, 0.05) is 32.3 Å². The van der Waals surface area contributed by atoms with Crippen LogP contribution in [0.3, 0.4) is 0 Å². The van der Waals surface area contributed by atoms with Crippen LogP contribution in [0.4, 0.5) is 4.79 Å². The molecule has 2 aromatic rings. The molecule has 0 spiro atoms. The van der Waals surface area contributed by atoms with Crippen molar-refractivity contribution in [2.75, 3.05) is 39.4 Å². The molecule has 9 heteroatoms.